The lowest BCUT2D eigenvalue weighted by molar-refractivity contribution is -0.123. The lowest BCUT2D eigenvalue weighted by atomic mass is 10.1. The first-order chi connectivity index (χ1) is 15.7. The summed E-state index contributed by atoms with van der Waals surface area (Å²) in [5.41, 5.74) is 4.90. The van der Waals surface area contributed by atoms with Gasteiger partial charge < -0.3 is 19.1 Å². The van der Waals surface area contributed by atoms with Gasteiger partial charge in [0.15, 0.2) is 6.61 Å². The minimum atomic E-state index is -0.381. The average molecular weight is 434 g/mol. The molecule has 0 saturated carbocycles. The number of nitrogens with one attached hydrogen (secondary N) is 1. The smallest absolute Gasteiger partial charge is 0.277 e. The van der Waals surface area contributed by atoms with Gasteiger partial charge in [0, 0.05) is 36.3 Å². The molecule has 1 N–H and O–H groups in total. The van der Waals surface area contributed by atoms with E-state index in [9.17, 15) is 4.79 Å². The number of hydrogen-bond donors (Lipinski definition) is 1. The molecule has 1 aliphatic heterocycles. The Morgan fingerprint density at radius 3 is 2.66 bits per heavy atom. The Balaban J connectivity index is 1.41. The molecule has 8 nitrogen and oxygen atoms in total. The van der Waals surface area contributed by atoms with Gasteiger partial charge in [-0.05, 0) is 31.0 Å². The molecule has 1 aromatic heterocycles. The first kappa shape index (κ1) is 21.4. The van der Waals surface area contributed by atoms with E-state index in [0.717, 1.165) is 42.8 Å². The molecule has 2 aromatic carbocycles. The molecule has 166 valence electrons. The maximum absolute atomic E-state index is 12.2. The van der Waals surface area contributed by atoms with Crippen LogP contribution in [-0.2, 0) is 4.79 Å². The fraction of sp³-hybridized carbons (Fsp3) is 0.292. The number of nitrogens with zero attached hydrogens (tertiary/aromatic N) is 3. The van der Waals surface area contributed by atoms with E-state index in [1.165, 1.54) is 6.21 Å². The summed E-state index contributed by atoms with van der Waals surface area (Å²) in [7, 11) is 3.25. The Kier molecular flexibility index (Phi) is 6.69. The highest BCUT2D eigenvalue weighted by atomic mass is 16.5. The van der Waals surface area contributed by atoms with E-state index in [1.54, 1.807) is 26.5 Å². The largest absolute Gasteiger partial charge is 0.496 e. The zero-order valence-corrected chi connectivity index (χ0v) is 18.2. The van der Waals surface area contributed by atoms with E-state index in [-0.39, 0.29) is 12.5 Å². The molecule has 1 saturated heterocycles. The first-order valence-electron chi connectivity index (χ1n) is 10.5. The molecule has 32 heavy (non-hydrogen) atoms. The van der Waals surface area contributed by atoms with Crippen LogP contribution in [0.2, 0.25) is 0 Å². The number of rotatable bonds is 8. The summed E-state index contributed by atoms with van der Waals surface area (Å²) in [5, 5.41) is 5.00. The molecule has 8 heteroatoms. The number of anilines is 1. The lowest BCUT2D eigenvalue weighted by Crippen LogP contribution is -2.24. The Morgan fingerprint density at radius 1 is 1.09 bits per heavy atom. The highest BCUT2D eigenvalue weighted by Crippen LogP contribution is 2.36. The van der Waals surface area contributed by atoms with Crippen LogP contribution in [0, 0.1) is 0 Å². The molecule has 0 atom stereocenters. The van der Waals surface area contributed by atoms with Crippen molar-refractivity contribution in [3.8, 4) is 17.2 Å². The van der Waals surface area contributed by atoms with Gasteiger partial charge in [-0.15, -0.1) is 0 Å². The van der Waals surface area contributed by atoms with E-state index in [2.05, 4.69) is 20.4 Å². The number of aromatic nitrogens is 1. The number of methoxy groups -OCH3 is 2. The molecular formula is C24H26N4O4. The van der Waals surface area contributed by atoms with Crippen molar-refractivity contribution in [2.75, 3.05) is 38.8 Å². The van der Waals surface area contributed by atoms with Crippen molar-refractivity contribution >= 4 is 28.7 Å². The summed E-state index contributed by atoms with van der Waals surface area (Å²) >= 11 is 0. The Labute approximate surface area is 186 Å². The van der Waals surface area contributed by atoms with Gasteiger partial charge in [0.25, 0.3) is 5.91 Å². The first-order valence-corrected chi connectivity index (χ1v) is 10.5. The van der Waals surface area contributed by atoms with Crippen LogP contribution in [0.15, 0.2) is 53.8 Å². The highest BCUT2D eigenvalue weighted by molar-refractivity contribution is 5.88. The van der Waals surface area contributed by atoms with E-state index < -0.39 is 0 Å². The van der Waals surface area contributed by atoms with Gasteiger partial charge in [0.05, 0.1) is 26.1 Å². The number of benzene rings is 2. The number of carbonyl (C=O) groups is 1. The van der Waals surface area contributed by atoms with Crippen molar-refractivity contribution in [2.45, 2.75) is 12.8 Å². The van der Waals surface area contributed by atoms with Crippen molar-refractivity contribution in [1.82, 2.24) is 10.4 Å². The number of ether oxygens (including phenoxy) is 3. The van der Waals surface area contributed by atoms with Crippen LogP contribution >= 0.6 is 0 Å². The van der Waals surface area contributed by atoms with E-state index >= 15 is 0 Å². The molecule has 3 aromatic rings. The minimum Gasteiger partial charge on any atom is -0.496 e. The molecule has 1 amide bonds. The van der Waals surface area contributed by atoms with Crippen molar-refractivity contribution in [2.24, 2.45) is 5.10 Å². The molecule has 0 spiro atoms. The standard InChI is InChI=1S/C24H26N4O4/c1-30-21-14-19(28-11-3-4-12-28)22(31-2)13-18(21)15-26-27-23(29)16-32-20-9-5-7-17-8-6-10-25-24(17)20/h5-10,13-15H,3-4,11-12,16H2,1-2H3,(H,27,29)/b26-15-. The predicted octanol–water partition coefficient (Wildman–Crippen LogP) is 3.38. The molecule has 4 rings (SSSR count). The number of amides is 1. The average Bonchev–Trinajstić information content (AvgIpc) is 3.37. The SMILES string of the molecule is COc1cc(N2CCCC2)c(OC)cc1/C=N\NC(=O)COc1cccc2cccnc12. The zero-order chi connectivity index (χ0) is 22.3. The molecule has 0 radical (unpaired) electrons. The molecule has 0 bridgehead atoms. The summed E-state index contributed by atoms with van der Waals surface area (Å²) in [6, 6.07) is 13.2. The molecule has 0 unspecified atom stereocenters. The van der Waals surface area contributed by atoms with Crippen LogP contribution in [0.1, 0.15) is 18.4 Å². The van der Waals surface area contributed by atoms with E-state index in [4.69, 9.17) is 14.2 Å². The fourth-order valence-electron chi connectivity index (χ4n) is 3.75. The van der Waals surface area contributed by atoms with Crippen molar-refractivity contribution < 1.29 is 19.0 Å². The molecule has 2 heterocycles. The van der Waals surface area contributed by atoms with Crippen LogP contribution in [0.25, 0.3) is 10.9 Å². The molecule has 0 aliphatic carbocycles. The van der Waals surface area contributed by atoms with E-state index in [1.807, 2.05) is 36.4 Å². The van der Waals surface area contributed by atoms with Crippen LogP contribution in [0.5, 0.6) is 17.2 Å². The third kappa shape index (κ3) is 4.74. The van der Waals surface area contributed by atoms with Crippen LogP contribution in [0.3, 0.4) is 0 Å². The third-order valence-corrected chi connectivity index (χ3v) is 5.33. The summed E-state index contributed by atoms with van der Waals surface area (Å²) in [5.74, 6) is 1.57. The van der Waals surface area contributed by atoms with Gasteiger partial charge >= 0.3 is 0 Å². The third-order valence-electron chi connectivity index (χ3n) is 5.33. The second kappa shape index (κ2) is 10.00. The van der Waals surface area contributed by atoms with Gasteiger partial charge in [-0.2, -0.15) is 5.10 Å². The monoisotopic (exact) mass is 434 g/mol. The van der Waals surface area contributed by atoms with Gasteiger partial charge in [-0.3, -0.25) is 9.78 Å². The lowest BCUT2D eigenvalue weighted by Gasteiger charge is -2.22. The highest BCUT2D eigenvalue weighted by Gasteiger charge is 2.19. The Bertz CT molecular complexity index is 1120. The number of hydrazone groups is 1. The number of para-hydroxylation sites is 1. The summed E-state index contributed by atoms with van der Waals surface area (Å²) in [6.45, 7) is 1.81. The van der Waals surface area contributed by atoms with Crippen LogP contribution in [-0.4, -0.2) is 51.0 Å². The van der Waals surface area contributed by atoms with Crippen LogP contribution < -0.4 is 24.5 Å². The fourth-order valence-corrected chi connectivity index (χ4v) is 3.75. The zero-order valence-electron chi connectivity index (χ0n) is 18.2. The molecular weight excluding hydrogens is 408 g/mol. The number of fused-ring (bicyclic) bond motifs is 1. The topological polar surface area (TPSA) is 85.3 Å². The van der Waals surface area contributed by atoms with E-state index in [0.29, 0.717) is 22.6 Å². The number of pyridine rings is 1. The Hall–Kier alpha value is -3.81. The van der Waals surface area contributed by atoms with Crippen molar-refractivity contribution in [3.63, 3.8) is 0 Å². The van der Waals surface area contributed by atoms with Gasteiger partial charge in [-0.1, -0.05) is 18.2 Å². The van der Waals surface area contributed by atoms with Gasteiger partial charge in [0.2, 0.25) is 0 Å². The number of carbonyl (C=O) groups excluding carboxylic acids is 1. The van der Waals surface area contributed by atoms with Crippen LogP contribution in [0.4, 0.5) is 5.69 Å². The van der Waals surface area contributed by atoms with Gasteiger partial charge in [0.1, 0.15) is 22.8 Å². The second-order valence-corrected chi connectivity index (χ2v) is 7.37. The minimum absolute atomic E-state index is 0.179. The normalized spacial score (nSPS) is 13.5. The second-order valence-electron chi connectivity index (χ2n) is 7.37. The van der Waals surface area contributed by atoms with Crippen molar-refractivity contribution in [1.29, 1.82) is 0 Å². The van der Waals surface area contributed by atoms with Crippen molar-refractivity contribution in [3.05, 3.63) is 54.2 Å². The molecule has 1 fully saturated rings. The maximum Gasteiger partial charge on any atom is 0.277 e. The quantitative estimate of drug-likeness (QED) is 0.432. The van der Waals surface area contributed by atoms with Gasteiger partial charge in [-0.25, -0.2) is 5.43 Å². The predicted molar refractivity (Wildman–Crippen MR) is 124 cm³/mol. The molecule has 1 aliphatic rings. The Morgan fingerprint density at radius 2 is 1.88 bits per heavy atom. The summed E-state index contributed by atoms with van der Waals surface area (Å²) in [4.78, 5) is 18.8. The maximum atomic E-state index is 12.2. The summed E-state index contributed by atoms with van der Waals surface area (Å²) < 4.78 is 16.7. The number of hydrogen-bond acceptors (Lipinski definition) is 7. The summed E-state index contributed by atoms with van der Waals surface area (Å²) in [6.07, 6.45) is 5.55.